The molecule has 1 heterocycles. The molecule has 0 spiro atoms. The number of aromatic nitrogens is 1. The van der Waals surface area contributed by atoms with Crippen LogP contribution in [0.4, 0.5) is 0 Å². The minimum atomic E-state index is -3.58. The van der Waals surface area contributed by atoms with Gasteiger partial charge in [-0.2, -0.15) is 0 Å². The maximum atomic E-state index is 11.8. The number of ether oxygens (including phenoxy) is 1. The van der Waals surface area contributed by atoms with E-state index in [4.69, 9.17) is 4.74 Å². The average molecular weight is 260 g/mol. The molecule has 0 saturated heterocycles. The molecule has 0 radical (unpaired) electrons. The van der Waals surface area contributed by atoms with Gasteiger partial charge in [-0.1, -0.05) is 0 Å². The van der Waals surface area contributed by atoms with Crippen molar-refractivity contribution in [3.8, 4) is 0 Å². The molecule has 6 nitrogen and oxygen atoms in total. The lowest BCUT2D eigenvalue weighted by Crippen LogP contribution is -2.20. The molecule has 0 aromatic carbocycles. The minimum Gasteiger partial charge on any atom is -0.461 e. The second-order valence-corrected chi connectivity index (χ2v) is 5.33. The van der Waals surface area contributed by atoms with Crippen molar-refractivity contribution in [1.29, 1.82) is 0 Å². The first-order valence-corrected chi connectivity index (χ1v) is 6.63. The predicted octanol–water partition coefficient (Wildman–Crippen LogP) is 0.716. The molecule has 0 aliphatic heterocycles. The van der Waals surface area contributed by atoms with E-state index in [0.717, 1.165) is 0 Å². The molecule has 0 bridgehead atoms. The van der Waals surface area contributed by atoms with Gasteiger partial charge in [-0.3, -0.25) is 0 Å². The van der Waals surface area contributed by atoms with Crippen LogP contribution in [0.1, 0.15) is 28.7 Å². The van der Waals surface area contributed by atoms with Gasteiger partial charge in [0.05, 0.1) is 6.61 Å². The quantitative estimate of drug-likeness (QED) is 0.781. The minimum absolute atomic E-state index is 0.100. The van der Waals surface area contributed by atoms with Crippen molar-refractivity contribution in [2.24, 2.45) is 0 Å². The number of carbonyl (C=O) groups excluding carboxylic acids is 1. The number of hydrogen-bond acceptors (Lipinski definition) is 4. The van der Waals surface area contributed by atoms with Crippen LogP contribution in [0.5, 0.6) is 0 Å². The monoisotopic (exact) mass is 260 g/mol. The summed E-state index contributed by atoms with van der Waals surface area (Å²) >= 11 is 0. The van der Waals surface area contributed by atoms with Crippen LogP contribution in [-0.4, -0.2) is 33.0 Å². The zero-order valence-corrected chi connectivity index (χ0v) is 11.1. The van der Waals surface area contributed by atoms with E-state index in [-0.39, 0.29) is 17.2 Å². The molecule has 96 valence electrons. The smallest absolute Gasteiger partial charge is 0.355 e. The highest BCUT2D eigenvalue weighted by atomic mass is 32.2. The fourth-order valence-corrected chi connectivity index (χ4v) is 2.81. The van der Waals surface area contributed by atoms with Crippen LogP contribution >= 0.6 is 0 Å². The van der Waals surface area contributed by atoms with Crippen molar-refractivity contribution in [2.45, 2.75) is 25.7 Å². The summed E-state index contributed by atoms with van der Waals surface area (Å²) < 4.78 is 30.6. The Labute approximate surface area is 100 Å². The van der Waals surface area contributed by atoms with E-state index in [2.05, 4.69) is 9.71 Å². The number of nitrogens with one attached hydrogen (secondary N) is 2. The van der Waals surface area contributed by atoms with Gasteiger partial charge in [-0.05, 0) is 27.8 Å². The van der Waals surface area contributed by atoms with Crippen LogP contribution in [0, 0.1) is 13.8 Å². The first kappa shape index (κ1) is 13.7. The topological polar surface area (TPSA) is 88.3 Å². The van der Waals surface area contributed by atoms with E-state index in [1.54, 1.807) is 20.8 Å². The van der Waals surface area contributed by atoms with Gasteiger partial charge in [0.25, 0.3) is 0 Å². The van der Waals surface area contributed by atoms with Gasteiger partial charge in [-0.25, -0.2) is 17.9 Å². The number of aromatic amines is 1. The molecule has 0 aliphatic carbocycles. The number of H-pyrrole nitrogens is 1. The van der Waals surface area contributed by atoms with Crippen molar-refractivity contribution >= 4 is 16.0 Å². The van der Waals surface area contributed by atoms with E-state index in [1.807, 2.05) is 0 Å². The fourth-order valence-electron chi connectivity index (χ4n) is 1.65. The molecular weight excluding hydrogens is 244 g/mol. The van der Waals surface area contributed by atoms with E-state index in [0.29, 0.717) is 11.3 Å². The number of aryl methyl sites for hydroxylation is 1. The van der Waals surface area contributed by atoms with Crippen molar-refractivity contribution in [1.82, 2.24) is 9.71 Å². The Balaban J connectivity index is 3.34. The normalized spacial score (nSPS) is 11.5. The third-order valence-electron chi connectivity index (χ3n) is 2.39. The third-order valence-corrected chi connectivity index (χ3v) is 4.07. The molecule has 0 fully saturated rings. The van der Waals surface area contributed by atoms with Crippen LogP contribution in [-0.2, 0) is 14.8 Å². The molecule has 7 heteroatoms. The molecule has 0 aliphatic rings. The lowest BCUT2D eigenvalue weighted by atomic mass is 10.2. The Kier molecular flexibility index (Phi) is 3.94. The lowest BCUT2D eigenvalue weighted by molar-refractivity contribution is 0.0519. The standard InChI is InChI=1S/C10H16N2O4S/c1-5-16-10(13)8-6(2)9(7(3)12-8)17(14,15)11-4/h11-12H,5H2,1-4H3. The second kappa shape index (κ2) is 4.89. The van der Waals surface area contributed by atoms with Crippen LogP contribution < -0.4 is 4.72 Å². The SMILES string of the molecule is CCOC(=O)c1[nH]c(C)c(S(=O)(=O)NC)c1C. The number of esters is 1. The number of carbonyl (C=O) groups is 1. The first-order valence-electron chi connectivity index (χ1n) is 5.15. The van der Waals surface area contributed by atoms with Crippen LogP contribution in [0.15, 0.2) is 4.90 Å². The summed E-state index contributed by atoms with van der Waals surface area (Å²) in [6.07, 6.45) is 0. The van der Waals surface area contributed by atoms with Crippen LogP contribution in [0.3, 0.4) is 0 Å². The summed E-state index contributed by atoms with van der Waals surface area (Å²) in [7, 11) is -2.25. The van der Waals surface area contributed by atoms with Crippen LogP contribution in [0.25, 0.3) is 0 Å². The predicted molar refractivity (Wildman–Crippen MR) is 62.5 cm³/mol. The highest BCUT2D eigenvalue weighted by Gasteiger charge is 2.25. The van der Waals surface area contributed by atoms with E-state index < -0.39 is 16.0 Å². The number of hydrogen-bond donors (Lipinski definition) is 2. The molecular formula is C10H16N2O4S. The average Bonchev–Trinajstić information content (AvgIpc) is 2.55. The van der Waals surface area contributed by atoms with E-state index in [1.165, 1.54) is 7.05 Å². The van der Waals surface area contributed by atoms with Gasteiger partial charge in [0.2, 0.25) is 10.0 Å². The van der Waals surface area contributed by atoms with Crippen molar-refractivity contribution < 1.29 is 17.9 Å². The molecule has 0 amide bonds. The molecule has 2 N–H and O–H groups in total. The fraction of sp³-hybridized carbons (Fsp3) is 0.500. The summed E-state index contributed by atoms with van der Waals surface area (Å²) in [5, 5.41) is 0. The second-order valence-electron chi connectivity index (χ2n) is 3.51. The van der Waals surface area contributed by atoms with Gasteiger partial charge >= 0.3 is 5.97 Å². The molecule has 0 saturated carbocycles. The van der Waals surface area contributed by atoms with Gasteiger partial charge in [0.15, 0.2) is 0 Å². The van der Waals surface area contributed by atoms with Crippen molar-refractivity contribution in [3.63, 3.8) is 0 Å². The molecule has 1 aromatic heterocycles. The summed E-state index contributed by atoms with van der Waals surface area (Å²) in [5.41, 5.74) is 0.966. The molecule has 1 aromatic rings. The van der Waals surface area contributed by atoms with Crippen molar-refractivity contribution in [3.05, 3.63) is 17.0 Å². The number of sulfonamides is 1. The molecule has 0 unspecified atom stereocenters. The largest absolute Gasteiger partial charge is 0.461 e. The number of rotatable bonds is 4. The van der Waals surface area contributed by atoms with Gasteiger partial charge in [0, 0.05) is 11.3 Å². The Hall–Kier alpha value is -1.34. The highest BCUT2D eigenvalue weighted by Crippen LogP contribution is 2.23. The Bertz CT molecular complexity index is 531. The van der Waals surface area contributed by atoms with E-state index in [9.17, 15) is 13.2 Å². The van der Waals surface area contributed by atoms with Gasteiger partial charge in [0.1, 0.15) is 10.6 Å². The highest BCUT2D eigenvalue weighted by molar-refractivity contribution is 7.89. The summed E-state index contributed by atoms with van der Waals surface area (Å²) in [5.74, 6) is -0.550. The Morgan fingerprint density at radius 1 is 1.41 bits per heavy atom. The summed E-state index contributed by atoms with van der Waals surface area (Å²) in [6, 6.07) is 0. The summed E-state index contributed by atoms with van der Waals surface area (Å²) in [4.78, 5) is 14.4. The van der Waals surface area contributed by atoms with Gasteiger partial charge in [-0.15, -0.1) is 0 Å². The van der Waals surface area contributed by atoms with Crippen LogP contribution in [0.2, 0.25) is 0 Å². The maximum absolute atomic E-state index is 11.8. The molecule has 1 rings (SSSR count). The zero-order valence-electron chi connectivity index (χ0n) is 10.2. The third kappa shape index (κ3) is 2.50. The maximum Gasteiger partial charge on any atom is 0.355 e. The van der Waals surface area contributed by atoms with Crippen molar-refractivity contribution in [2.75, 3.05) is 13.7 Å². The Morgan fingerprint density at radius 2 is 2.00 bits per heavy atom. The first-order chi connectivity index (χ1) is 7.85. The van der Waals surface area contributed by atoms with Gasteiger partial charge < -0.3 is 9.72 Å². The van der Waals surface area contributed by atoms with E-state index >= 15 is 0 Å². The Morgan fingerprint density at radius 3 is 2.47 bits per heavy atom. The molecule has 17 heavy (non-hydrogen) atoms. The summed E-state index contributed by atoms with van der Waals surface area (Å²) in [6.45, 7) is 5.10. The lowest BCUT2D eigenvalue weighted by Gasteiger charge is -2.03. The zero-order chi connectivity index (χ0) is 13.2. The molecule has 0 atom stereocenters.